The molecule has 1 saturated heterocycles. The Bertz CT molecular complexity index is 243. The van der Waals surface area contributed by atoms with Gasteiger partial charge in [-0.3, -0.25) is 4.79 Å². The van der Waals surface area contributed by atoms with E-state index in [4.69, 9.17) is 4.74 Å². The Morgan fingerprint density at radius 2 is 1.74 bits per heavy atom. The van der Waals surface area contributed by atoms with Crippen molar-refractivity contribution < 1.29 is 9.53 Å². The van der Waals surface area contributed by atoms with Crippen LogP contribution in [0.2, 0.25) is 0 Å². The van der Waals surface area contributed by atoms with Crippen molar-refractivity contribution in [2.45, 2.75) is 70.8 Å². The molecule has 1 aliphatic heterocycles. The van der Waals surface area contributed by atoms with Crippen LogP contribution in [0.4, 0.5) is 0 Å². The minimum atomic E-state index is -0.164. The lowest BCUT2D eigenvalue weighted by molar-refractivity contribution is -0.135. The van der Waals surface area contributed by atoms with Crippen molar-refractivity contribution in [2.24, 2.45) is 0 Å². The monoisotopic (exact) mass is 269 g/mol. The number of ether oxygens (including phenoxy) is 1. The highest BCUT2D eigenvalue weighted by molar-refractivity contribution is 5.83. The molecule has 1 atom stereocenters. The highest BCUT2D eigenvalue weighted by Gasteiger charge is 2.23. The van der Waals surface area contributed by atoms with Gasteiger partial charge in [0, 0.05) is 19.5 Å². The molecule has 0 aromatic heterocycles. The molecule has 0 saturated carbocycles. The smallest absolute Gasteiger partial charge is 0.162 e. The zero-order valence-corrected chi connectivity index (χ0v) is 12.8. The van der Waals surface area contributed by atoms with E-state index in [0.717, 1.165) is 19.5 Å². The van der Waals surface area contributed by atoms with Crippen LogP contribution in [-0.2, 0) is 9.53 Å². The van der Waals surface area contributed by atoms with Crippen molar-refractivity contribution in [3.05, 3.63) is 0 Å². The van der Waals surface area contributed by atoms with E-state index in [0.29, 0.717) is 18.8 Å². The summed E-state index contributed by atoms with van der Waals surface area (Å²) < 4.78 is 5.54. The number of nitrogens with zero attached hydrogens (tertiary/aromatic N) is 1. The van der Waals surface area contributed by atoms with Crippen LogP contribution in [0, 0.1) is 0 Å². The summed E-state index contributed by atoms with van der Waals surface area (Å²) in [6.07, 6.45) is 10.8. The second-order valence-corrected chi connectivity index (χ2v) is 5.81. The molecular formula is C16H31NO2. The van der Waals surface area contributed by atoms with Crippen molar-refractivity contribution in [1.29, 1.82) is 0 Å². The minimum Gasteiger partial charge on any atom is -0.368 e. The Morgan fingerprint density at radius 1 is 1.11 bits per heavy atom. The van der Waals surface area contributed by atoms with E-state index >= 15 is 0 Å². The van der Waals surface area contributed by atoms with Crippen molar-refractivity contribution in [3.63, 3.8) is 0 Å². The molecule has 1 heterocycles. The fourth-order valence-corrected chi connectivity index (χ4v) is 2.57. The Labute approximate surface area is 118 Å². The lowest BCUT2D eigenvalue weighted by Gasteiger charge is -2.29. The van der Waals surface area contributed by atoms with E-state index in [1.54, 1.807) is 0 Å². The zero-order valence-electron chi connectivity index (χ0n) is 12.8. The second-order valence-electron chi connectivity index (χ2n) is 5.81. The van der Waals surface area contributed by atoms with Gasteiger partial charge < -0.3 is 9.64 Å². The SMILES string of the molecule is CCCCCCCCCCC(=O)C1CN(C)CCO1. The first kappa shape index (κ1) is 16.6. The van der Waals surface area contributed by atoms with E-state index in [1.165, 1.54) is 44.9 Å². The molecule has 1 aliphatic rings. The zero-order chi connectivity index (χ0) is 13.9. The third-order valence-corrected chi connectivity index (χ3v) is 3.91. The van der Waals surface area contributed by atoms with Gasteiger partial charge in [0.05, 0.1) is 6.61 Å². The summed E-state index contributed by atoms with van der Waals surface area (Å²) in [5, 5.41) is 0. The quantitative estimate of drug-likeness (QED) is 0.569. The van der Waals surface area contributed by atoms with Crippen LogP contribution in [-0.4, -0.2) is 43.5 Å². The molecule has 0 aliphatic carbocycles. The topological polar surface area (TPSA) is 29.5 Å². The highest BCUT2D eigenvalue weighted by atomic mass is 16.5. The number of rotatable bonds is 10. The van der Waals surface area contributed by atoms with Crippen molar-refractivity contribution in [2.75, 3.05) is 26.7 Å². The van der Waals surface area contributed by atoms with Crippen LogP contribution in [0.15, 0.2) is 0 Å². The fraction of sp³-hybridized carbons (Fsp3) is 0.938. The maximum Gasteiger partial charge on any atom is 0.162 e. The highest BCUT2D eigenvalue weighted by Crippen LogP contribution is 2.12. The average molecular weight is 269 g/mol. The Morgan fingerprint density at radius 3 is 2.37 bits per heavy atom. The van der Waals surface area contributed by atoms with Crippen LogP contribution in [0.5, 0.6) is 0 Å². The van der Waals surface area contributed by atoms with E-state index < -0.39 is 0 Å². The number of hydrogen-bond donors (Lipinski definition) is 0. The lowest BCUT2D eigenvalue weighted by Crippen LogP contribution is -2.44. The number of morpholine rings is 1. The predicted octanol–water partition coefficient (Wildman–Crippen LogP) is 3.42. The van der Waals surface area contributed by atoms with Crippen LogP contribution in [0.25, 0.3) is 0 Å². The molecule has 0 N–H and O–H groups in total. The fourth-order valence-electron chi connectivity index (χ4n) is 2.57. The summed E-state index contributed by atoms with van der Waals surface area (Å²) in [4.78, 5) is 14.1. The van der Waals surface area contributed by atoms with Gasteiger partial charge in [0.1, 0.15) is 6.10 Å². The van der Waals surface area contributed by atoms with Crippen LogP contribution >= 0.6 is 0 Å². The largest absolute Gasteiger partial charge is 0.368 e. The van der Waals surface area contributed by atoms with Gasteiger partial charge in [-0.05, 0) is 13.5 Å². The van der Waals surface area contributed by atoms with E-state index in [-0.39, 0.29) is 6.10 Å². The first-order chi connectivity index (χ1) is 9.24. The van der Waals surface area contributed by atoms with Crippen LogP contribution in [0.1, 0.15) is 64.7 Å². The summed E-state index contributed by atoms with van der Waals surface area (Å²) >= 11 is 0. The van der Waals surface area contributed by atoms with Crippen molar-refractivity contribution in [1.82, 2.24) is 4.90 Å². The number of ketones is 1. The standard InChI is InChI=1S/C16H31NO2/c1-3-4-5-6-7-8-9-10-11-15(18)16-14-17(2)12-13-19-16/h16H,3-14H2,1-2H3. The molecule has 0 spiro atoms. The van der Waals surface area contributed by atoms with Gasteiger partial charge in [-0.15, -0.1) is 0 Å². The number of carbonyl (C=O) groups excluding carboxylic acids is 1. The van der Waals surface area contributed by atoms with E-state index in [1.807, 2.05) is 0 Å². The molecule has 0 bridgehead atoms. The van der Waals surface area contributed by atoms with Gasteiger partial charge in [0.2, 0.25) is 0 Å². The third kappa shape index (κ3) is 7.68. The summed E-state index contributed by atoms with van der Waals surface area (Å²) in [6, 6.07) is 0. The maximum atomic E-state index is 12.0. The average Bonchev–Trinajstić information content (AvgIpc) is 2.41. The van der Waals surface area contributed by atoms with Gasteiger partial charge in [-0.1, -0.05) is 51.9 Å². The maximum absolute atomic E-state index is 12.0. The Kier molecular flexibility index (Phi) is 9.10. The molecule has 0 aromatic rings. The lowest BCUT2D eigenvalue weighted by atomic mass is 10.0. The van der Waals surface area contributed by atoms with Gasteiger partial charge in [0.25, 0.3) is 0 Å². The van der Waals surface area contributed by atoms with Gasteiger partial charge in [-0.25, -0.2) is 0 Å². The first-order valence-corrected chi connectivity index (χ1v) is 8.07. The molecule has 1 fully saturated rings. The van der Waals surface area contributed by atoms with E-state index in [2.05, 4.69) is 18.9 Å². The molecule has 19 heavy (non-hydrogen) atoms. The molecule has 0 radical (unpaired) electrons. The van der Waals surface area contributed by atoms with Gasteiger partial charge in [0.15, 0.2) is 5.78 Å². The van der Waals surface area contributed by atoms with Gasteiger partial charge in [-0.2, -0.15) is 0 Å². The molecule has 1 unspecified atom stereocenters. The summed E-state index contributed by atoms with van der Waals surface area (Å²) in [6.45, 7) is 4.66. The van der Waals surface area contributed by atoms with Gasteiger partial charge >= 0.3 is 0 Å². The molecule has 3 heteroatoms. The molecule has 0 amide bonds. The summed E-state index contributed by atoms with van der Waals surface area (Å²) in [5.74, 6) is 0.303. The number of carbonyl (C=O) groups is 1. The Hall–Kier alpha value is -0.410. The predicted molar refractivity (Wildman–Crippen MR) is 79.5 cm³/mol. The number of likely N-dealkylation sites (N-methyl/N-ethyl adjacent to an activating group) is 1. The third-order valence-electron chi connectivity index (χ3n) is 3.91. The summed E-state index contributed by atoms with van der Waals surface area (Å²) in [7, 11) is 2.05. The summed E-state index contributed by atoms with van der Waals surface area (Å²) in [5.41, 5.74) is 0. The van der Waals surface area contributed by atoms with Crippen molar-refractivity contribution >= 4 is 5.78 Å². The number of unbranched alkanes of at least 4 members (excludes halogenated alkanes) is 7. The minimum absolute atomic E-state index is 0.164. The normalized spacial score (nSPS) is 20.6. The second kappa shape index (κ2) is 10.4. The molecular weight excluding hydrogens is 238 g/mol. The van der Waals surface area contributed by atoms with Crippen molar-refractivity contribution in [3.8, 4) is 0 Å². The first-order valence-electron chi connectivity index (χ1n) is 8.07. The number of Topliss-reactive ketones (excluding diaryl/α,β-unsaturated/α-hetero) is 1. The Balaban J connectivity index is 1.95. The molecule has 112 valence electrons. The van der Waals surface area contributed by atoms with Crippen LogP contribution in [0.3, 0.4) is 0 Å². The molecule has 1 rings (SSSR count). The number of hydrogen-bond acceptors (Lipinski definition) is 3. The van der Waals surface area contributed by atoms with Crippen LogP contribution < -0.4 is 0 Å². The molecule has 3 nitrogen and oxygen atoms in total. The van der Waals surface area contributed by atoms with E-state index in [9.17, 15) is 4.79 Å². The molecule has 0 aromatic carbocycles.